The summed E-state index contributed by atoms with van der Waals surface area (Å²) in [6.07, 6.45) is 4.77. The van der Waals surface area contributed by atoms with Crippen LogP contribution in [0, 0.1) is 10.1 Å². The SMILES string of the molecule is O=C(/C=C/c1ccc([N+](=O)[O-])cc1)Nc1ccccc1OCCCc1ccccc1. The summed E-state index contributed by atoms with van der Waals surface area (Å²) in [6.45, 7) is 0.542. The van der Waals surface area contributed by atoms with Crippen molar-refractivity contribution in [1.29, 1.82) is 0 Å². The van der Waals surface area contributed by atoms with Gasteiger partial charge in [0.2, 0.25) is 5.91 Å². The first kappa shape index (κ1) is 20.8. The predicted molar refractivity (Wildman–Crippen MR) is 117 cm³/mol. The fourth-order valence-electron chi connectivity index (χ4n) is 2.85. The zero-order chi connectivity index (χ0) is 21.2. The summed E-state index contributed by atoms with van der Waals surface area (Å²) in [5.74, 6) is 0.302. The summed E-state index contributed by atoms with van der Waals surface area (Å²) >= 11 is 0. The quantitative estimate of drug-likeness (QED) is 0.229. The lowest BCUT2D eigenvalue weighted by Crippen LogP contribution is -2.10. The lowest BCUT2D eigenvalue weighted by atomic mass is 10.1. The number of nitrogens with one attached hydrogen (secondary N) is 1. The van der Waals surface area contributed by atoms with E-state index in [-0.39, 0.29) is 11.6 Å². The van der Waals surface area contributed by atoms with Gasteiger partial charge in [-0.05, 0) is 54.3 Å². The molecule has 0 bridgehead atoms. The van der Waals surface area contributed by atoms with Gasteiger partial charge in [0.05, 0.1) is 17.2 Å². The molecular formula is C24H22N2O4. The second kappa shape index (κ2) is 10.6. The van der Waals surface area contributed by atoms with Crippen molar-refractivity contribution in [2.24, 2.45) is 0 Å². The number of anilines is 1. The molecule has 3 aromatic rings. The highest BCUT2D eigenvalue weighted by Gasteiger charge is 2.06. The lowest BCUT2D eigenvalue weighted by Gasteiger charge is -2.11. The number of aryl methyl sites for hydroxylation is 1. The van der Waals surface area contributed by atoms with Crippen LogP contribution in [0.2, 0.25) is 0 Å². The Morgan fingerprint density at radius 3 is 2.40 bits per heavy atom. The van der Waals surface area contributed by atoms with Crippen LogP contribution in [-0.4, -0.2) is 17.4 Å². The van der Waals surface area contributed by atoms with Crippen molar-refractivity contribution in [2.75, 3.05) is 11.9 Å². The van der Waals surface area contributed by atoms with Crippen molar-refractivity contribution in [3.63, 3.8) is 0 Å². The molecule has 0 aromatic heterocycles. The van der Waals surface area contributed by atoms with Crippen LogP contribution in [0.1, 0.15) is 17.5 Å². The largest absolute Gasteiger partial charge is 0.491 e. The number of hydrogen-bond donors (Lipinski definition) is 1. The Morgan fingerprint density at radius 2 is 1.67 bits per heavy atom. The van der Waals surface area contributed by atoms with Crippen molar-refractivity contribution < 1.29 is 14.5 Å². The number of non-ortho nitro benzene ring substituents is 1. The number of nitro benzene ring substituents is 1. The van der Waals surface area contributed by atoms with E-state index in [4.69, 9.17) is 4.74 Å². The topological polar surface area (TPSA) is 81.5 Å². The first-order valence-corrected chi connectivity index (χ1v) is 9.61. The fraction of sp³-hybridized carbons (Fsp3) is 0.125. The molecule has 1 N–H and O–H groups in total. The number of amides is 1. The molecule has 0 fully saturated rings. The van der Waals surface area contributed by atoms with Crippen LogP contribution < -0.4 is 10.1 Å². The summed E-state index contributed by atoms with van der Waals surface area (Å²) in [5, 5.41) is 13.5. The van der Waals surface area contributed by atoms with E-state index < -0.39 is 4.92 Å². The molecule has 3 aromatic carbocycles. The molecule has 1 amide bonds. The maximum absolute atomic E-state index is 12.3. The Balaban J connectivity index is 1.53. The van der Waals surface area contributed by atoms with Crippen LogP contribution in [0.5, 0.6) is 5.75 Å². The van der Waals surface area contributed by atoms with Gasteiger partial charge < -0.3 is 10.1 Å². The number of nitro groups is 1. The van der Waals surface area contributed by atoms with Crippen molar-refractivity contribution >= 4 is 23.4 Å². The minimum atomic E-state index is -0.461. The maximum Gasteiger partial charge on any atom is 0.269 e. The summed E-state index contributed by atoms with van der Waals surface area (Å²) < 4.78 is 5.86. The molecule has 0 saturated heterocycles. The number of carbonyl (C=O) groups excluding carboxylic acids is 1. The molecule has 0 heterocycles. The highest BCUT2D eigenvalue weighted by Crippen LogP contribution is 2.24. The van der Waals surface area contributed by atoms with Crippen LogP contribution in [0.25, 0.3) is 6.08 Å². The van der Waals surface area contributed by atoms with Crippen molar-refractivity contribution in [3.8, 4) is 5.75 Å². The number of nitrogens with zero attached hydrogens (tertiary/aromatic N) is 1. The molecule has 152 valence electrons. The Bertz CT molecular complexity index is 1010. The molecule has 0 atom stereocenters. The second-order valence-electron chi connectivity index (χ2n) is 6.60. The normalized spacial score (nSPS) is 10.7. The third kappa shape index (κ3) is 6.31. The van der Waals surface area contributed by atoms with Crippen molar-refractivity contribution in [3.05, 3.63) is 106 Å². The van der Waals surface area contributed by atoms with E-state index in [2.05, 4.69) is 17.4 Å². The number of para-hydroxylation sites is 2. The molecule has 0 spiro atoms. The van der Waals surface area contributed by atoms with Gasteiger partial charge in [0.1, 0.15) is 5.75 Å². The highest BCUT2D eigenvalue weighted by atomic mass is 16.6. The average molecular weight is 402 g/mol. The third-order valence-corrected chi connectivity index (χ3v) is 4.39. The van der Waals surface area contributed by atoms with E-state index in [0.717, 1.165) is 12.8 Å². The van der Waals surface area contributed by atoms with E-state index >= 15 is 0 Å². The smallest absolute Gasteiger partial charge is 0.269 e. The Morgan fingerprint density at radius 1 is 0.967 bits per heavy atom. The van der Waals surface area contributed by atoms with E-state index in [1.165, 1.54) is 23.8 Å². The Hall–Kier alpha value is -3.93. The molecule has 0 unspecified atom stereocenters. The molecular weight excluding hydrogens is 380 g/mol. The average Bonchev–Trinajstić information content (AvgIpc) is 2.77. The third-order valence-electron chi connectivity index (χ3n) is 4.39. The Kier molecular flexibility index (Phi) is 7.33. The fourth-order valence-corrected chi connectivity index (χ4v) is 2.85. The van der Waals surface area contributed by atoms with Gasteiger partial charge in [-0.15, -0.1) is 0 Å². The van der Waals surface area contributed by atoms with Crippen LogP contribution >= 0.6 is 0 Å². The zero-order valence-corrected chi connectivity index (χ0v) is 16.4. The standard InChI is InChI=1S/C24H22N2O4/c27-24(17-14-20-12-15-21(16-13-20)26(28)29)25-22-10-4-5-11-23(22)30-18-6-9-19-7-2-1-3-8-19/h1-5,7-8,10-17H,6,9,18H2,(H,25,27)/b17-14+. The molecule has 30 heavy (non-hydrogen) atoms. The summed E-state index contributed by atoms with van der Waals surface area (Å²) in [6, 6.07) is 23.5. The summed E-state index contributed by atoms with van der Waals surface area (Å²) in [7, 11) is 0. The van der Waals surface area contributed by atoms with Crippen LogP contribution in [-0.2, 0) is 11.2 Å². The van der Waals surface area contributed by atoms with Gasteiger partial charge in [0, 0.05) is 18.2 Å². The first-order chi connectivity index (χ1) is 14.6. The van der Waals surface area contributed by atoms with Gasteiger partial charge >= 0.3 is 0 Å². The van der Waals surface area contributed by atoms with Crippen molar-refractivity contribution in [2.45, 2.75) is 12.8 Å². The monoisotopic (exact) mass is 402 g/mol. The molecule has 0 aliphatic carbocycles. The number of rotatable bonds is 9. The van der Waals surface area contributed by atoms with Gasteiger partial charge in [-0.25, -0.2) is 0 Å². The molecule has 3 rings (SSSR count). The predicted octanol–water partition coefficient (Wildman–Crippen LogP) is 5.26. The summed E-state index contributed by atoms with van der Waals surface area (Å²) in [5.41, 5.74) is 2.56. The number of hydrogen-bond acceptors (Lipinski definition) is 4. The minimum Gasteiger partial charge on any atom is -0.491 e. The molecule has 6 heteroatoms. The second-order valence-corrected chi connectivity index (χ2v) is 6.60. The van der Waals surface area contributed by atoms with Crippen LogP contribution in [0.3, 0.4) is 0 Å². The molecule has 6 nitrogen and oxygen atoms in total. The molecule has 0 aliphatic heterocycles. The number of benzene rings is 3. The molecule has 0 radical (unpaired) electrons. The van der Waals surface area contributed by atoms with E-state index in [0.29, 0.717) is 23.6 Å². The number of ether oxygens (including phenoxy) is 1. The summed E-state index contributed by atoms with van der Waals surface area (Å²) in [4.78, 5) is 22.5. The minimum absolute atomic E-state index is 0.00921. The maximum atomic E-state index is 12.3. The van der Waals surface area contributed by atoms with Gasteiger partial charge in [-0.1, -0.05) is 42.5 Å². The molecule has 0 aliphatic rings. The van der Waals surface area contributed by atoms with Crippen LogP contribution in [0.15, 0.2) is 84.9 Å². The zero-order valence-electron chi connectivity index (χ0n) is 16.4. The highest BCUT2D eigenvalue weighted by molar-refractivity contribution is 6.02. The van der Waals surface area contributed by atoms with Crippen molar-refractivity contribution in [1.82, 2.24) is 0 Å². The van der Waals surface area contributed by atoms with E-state index in [9.17, 15) is 14.9 Å². The van der Waals surface area contributed by atoms with Crippen LogP contribution in [0.4, 0.5) is 11.4 Å². The van der Waals surface area contributed by atoms with Gasteiger partial charge in [-0.3, -0.25) is 14.9 Å². The van der Waals surface area contributed by atoms with Gasteiger partial charge in [0.25, 0.3) is 5.69 Å². The number of carbonyl (C=O) groups is 1. The van der Waals surface area contributed by atoms with Gasteiger partial charge in [0.15, 0.2) is 0 Å². The Labute approximate surface area is 175 Å². The van der Waals surface area contributed by atoms with Gasteiger partial charge in [-0.2, -0.15) is 0 Å². The lowest BCUT2D eigenvalue weighted by molar-refractivity contribution is -0.384. The first-order valence-electron chi connectivity index (χ1n) is 9.61. The van der Waals surface area contributed by atoms with E-state index in [1.807, 2.05) is 36.4 Å². The molecule has 0 saturated carbocycles. The van der Waals surface area contributed by atoms with E-state index in [1.54, 1.807) is 24.3 Å².